The Morgan fingerprint density at radius 3 is 3.12 bits per heavy atom. The second-order valence-electron chi connectivity index (χ2n) is 4.09. The van der Waals surface area contributed by atoms with E-state index in [1.54, 1.807) is 19.4 Å². The van der Waals surface area contributed by atoms with Gasteiger partial charge in [0.05, 0.1) is 6.04 Å². The maximum Gasteiger partial charge on any atom is 0.223 e. The van der Waals surface area contributed by atoms with E-state index in [2.05, 4.69) is 25.0 Å². The fourth-order valence-electron chi connectivity index (χ4n) is 2.21. The normalized spacial score (nSPS) is 19.8. The van der Waals surface area contributed by atoms with E-state index in [-0.39, 0.29) is 6.04 Å². The second kappa shape index (κ2) is 4.12. The third-order valence-corrected chi connectivity index (χ3v) is 2.95. The number of nitrogens with zero attached hydrogens (tertiary/aromatic N) is 5. The Hall–Kier alpha value is -1.98. The van der Waals surface area contributed by atoms with Crippen molar-refractivity contribution < 1.29 is 4.52 Å². The van der Waals surface area contributed by atoms with Gasteiger partial charge in [0.2, 0.25) is 5.89 Å². The topological polar surface area (TPSA) is 67.9 Å². The van der Waals surface area contributed by atoms with Crippen LogP contribution in [-0.2, 0) is 0 Å². The number of hydrogen-bond donors (Lipinski definition) is 0. The van der Waals surface area contributed by atoms with Crippen LogP contribution in [0.25, 0.3) is 0 Å². The van der Waals surface area contributed by atoms with E-state index >= 15 is 0 Å². The maximum absolute atomic E-state index is 5.04. The number of aryl methyl sites for hydroxylation is 1. The van der Waals surface area contributed by atoms with Crippen molar-refractivity contribution in [1.82, 2.24) is 20.1 Å². The largest absolute Gasteiger partial charge is 0.346 e. The molecule has 0 radical (unpaired) electrons. The molecule has 0 aliphatic carbocycles. The Bertz CT molecular complexity index is 498. The van der Waals surface area contributed by atoms with E-state index < -0.39 is 0 Å². The van der Waals surface area contributed by atoms with Crippen LogP contribution in [0.3, 0.4) is 0 Å². The summed E-state index contributed by atoms with van der Waals surface area (Å²) in [6, 6.07) is 2.08. The Morgan fingerprint density at radius 2 is 2.41 bits per heavy atom. The zero-order chi connectivity index (χ0) is 11.7. The van der Waals surface area contributed by atoms with Gasteiger partial charge in [-0.05, 0) is 18.9 Å². The molecule has 6 heteroatoms. The zero-order valence-electron chi connectivity index (χ0n) is 9.58. The lowest BCUT2D eigenvalue weighted by Gasteiger charge is -2.22. The molecule has 1 fully saturated rings. The van der Waals surface area contributed by atoms with Crippen LogP contribution in [0, 0.1) is 6.92 Å². The molecule has 0 amide bonds. The SMILES string of the molecule is Cc1nc(C2CCCN2c2ccncn2)no1. The van der Waals surface area contributed by atoms with Gasteiger partial charge < -0.3 is 9.42 Å². The monoisotopic (exact) mass is 231 g/mol. The van der Waals surface area contributed by atoms with Gasteiger partial charge in [-0.15, -0.1) is 0 Å². The number of anilines is 1. The molecule has 0 saturated carbocycles. The molecular formula is C11H13N5O. The summed E-state index contributed by atoms with van der Waals surface area (Å²) < 4.78 is 5.04. The summed E-state index contributed by atoms with van der Waals surface area (Å²) in [5.41, 5.74) is 0. The van der Waals surface area contributed by atoms with E-state index in [1.165, 1.54) is 0 Å². The van der Waals surface area contributed by atoms with Crippen molar-refractivity contribution in [3.05, 3.63) is 30.3 Å². The van der Waals surface area contributed by atoms with Crippen molar-refractivity contribution in [2.45, 2.75) is 25.8 Å². The fourth-order valence-corrected chi connectivity index (χ4v) is 2.21. The summed E-state index contributed by atoms with van der Waals surface area (Å²) in [6.45, 7) is 2.77. The first-order chi connectivity index (χ1) is 8.34. The van der Waals surface area contributed by atoms with Crippen LogP contribution in [0.1, 0.15) is 30.6 Å². The first-order valence-electron chi connectivity index (χ1n) is 5.67. The van der Waals surface area contributed by atoms with E-state index in [0.29, 0.717) is 5.89 Å². The molecule has 0 spiro atoms. The smallest absolute Gasteiger partial charge is 0.223 e. The van der Waals surface area contributed by atoms with Crippen LogP contribution >= 0.6 is 0 Å². The predicted molar refractivity (Wildman–Crippen MR) is 60.4 cm³/mol. The highest BCUT2D eigenvalue weighted by Crippen LogP contribution is 2.33. The van der Waals surface area contributed by atoms with Crippen LogP contribution < -0.4 is 4.90 Å². The highest BCUT2D eigenvalue weighted by molar-refractivity contribution is 5.40. The summed E-state index contributed by atoms with van der Waals surface area (Å²) in [6.07, 6.45) is 5.45. The van der Waals surface area contributed by atoms with E-state index in [1.807, 2.05) is 6.07 Å². The average Bonchev–Trinajstić information content (AvgIpc) is 2.98. The molecule has 1 aliphatic rings. The standard InChI is InChI=1S/C11H13N5O/c1-8-14-11(15-17-8)9-3-2-6-16(9)10-4-5-12-7-13-10/h4-5,7,9H,2-3,6H2,1H3. The van der Waals surface area contributed by atoms with Gasteiger partial charge in [0.1, 0.15) is 12.1 Å². The van der Waals surface area contributed by atoms with Crippen molar-refractivity contribution in [2.24, 2.45) is 0 Å². The molecule has 3 rings (SSSR count). The van der Waals surface area contributed by atoms with Gasteiger partial charge in [-0.2, -0.15) is 4.98 Å². The molecule has 0 aromatic carbocycles. The number of aromatic nitrogens is 4. The molecule has 1 saturated heterocycles. The predicted octanol–water partition coefficient (Wildman–Crippen LogP) is 1.51. The van der Waals surface area contributed by atoms with Gasteiger partial charge in [-0.25, -0.2) is 9.97 Å². The van der Waals surface area contributed by atoms with Gasteiger partial charge in [0, 0.05) is 19.7 Å². The summed E-state index contributed by atoms with van der Waals surface area (Å²) in [4.78, 5) is 14.7. The van der Waals surface area contributed by atoms with E-state index in [9.17, 15) is 0 Å². The summed E-state index contributed by atoms with van der Waals surface area (Å²) >= 11 is 0. The van der Waals surface area contributed by atoms with Crippen LogP contribution in [0.4, 0.5) is 5.82 Å². The second-order valence-corrected chi connectivity index (χ2v) is 4.09. The molecule has 2 aromatic heterocycles. The third-order valence-electron chi connectivity index (χ3n) is 2.95. The van der Waals surface area contributed by atoms with Crippen LogP contribution in [0.2, 0.25) is 0 Å². The molecule has 6 nitrogen and oxygen atoms in total. The van der Waals surface area contributed by atoms with Crippen LogP contribution in [0.5, 0.6) is 0 Å². The Kier molecular flexibility index (Phi) is 2.47. The van der Waals surface area contributed by atoms with Crippen molar-refractivity contribution in [2.75, 3.05) is 11.4 Å². The molecule has 2 aromatic rings. The maximum atomic E-state index is 5.04. The van der Waals surface area contributed by atoms with Gasteiger partial charge in [-0.3, -0.25) is 0 Å². The fraction of sp³-hybridized carbons (Fsp3) is 0.455. The highest BCUT2D eigenvalue weighted by atomic mass is 16.5. The Labute approximate surface area is 98.7 Å². The minimum Gasteiger partial charge on any atom is -0.346 e. The first kappa shape index (κ1) is 10.2. The van der Waals surface area contributed by atoms with Gasteiger partial charge in [0.25, 0.3) is 0 Å². The first-order valence-corrected chi connectivity index (χ1v) is 5.67. The van der Waals surface area contributed by atoms with Gasteiger partial charge in [0.15, 0.2) is 5.82 Å². The molecule has 17 heavy (non-hydrogen) atoms. The molecule has 1 aliphatic heterocycles. The van der Waals surface area contributed by atoms with Crippen LogP contribution in [0.15, 0.2) is 23.1 Å². The lowest BCUT2D eigenvalue weighted by Crippen LogP contribution is -2.24. The molecular weight excluding hydrogens is 218 g/mol. The Morgan fingerprint density at radius 1 is 1.47 bits per heavy atom. The van der Waals surface area contributed by atoms with E-state index in [4.69, 9.17) is 4.52 Å². The van der Waals surface area contributed by atoms with Crippen molar-refractivity contribution in [3.63, 3.8) is 0 Å². The number of rotatable bonds is 2. The minimum atomic E-state index is 0.169. The third kappa shape index (κ3) is 1.86. The summed E-state index contributed by atoms with van der Waals surface area (Å²) in [7, 11) is 0. The minimum absolute atomic E-state index is 0.169. The summed E-state index contributed by atoms with van der Waals surface area (Å²) in [5.74, 6) is 2.28. The molecule has 88 valence electrons. The molecule has 0 N–H and O–H groups in total. The van der Waals surface area contributed by atoms with Crippen molar-refractivity contribution in [3.8, 4) is 0 Å². The van der Waals surface area contributed by atoms with E-state index in [0.717, 1.165) is 31.0 Å². The van der Waals surface area contributed by atoms with Gasteiger partial charge >= 0.3 is 0 Å². The molecule has 3 heterocycles. The molecule has 0 bridgehead atoms. The van der Waals surface area contributed by atoms with Crippen molar-refractivity contribution in [1.29, 1.82) is 0 Å². The molecule has 1 atom stereocenters. The van der Waals surface area contributed by atoms with Crippen LogP contribution in [-0.4, -0.2) is 26.7 Å². The average molecular weight is 231 g/mol. The molecule has 1 unspecified atom stereocenters. The lowest BCUT2D eigenvalue weighted by molar-refractivity contribution is 0.383. The number of hydrogen-bond acceptors (Lipinski definition) is 6. The summed E-state index contributed by atoms with van der Waals surface area (Å²) in [5, 5.41) is 4.00. The quantitative estimate of drug-likeness (QED) is 0.780. The Balaban J connectivity index is 1.90. The zero-order valence-corrected chi connectivity index (χ0v) is 9.58. The highest BCUT2D eigenvalue weighted by Gasteiger charge is 2.30. The van der Waals surface area contributed by atoms with Crippen molar-refractivity contribution >= 4 is 5.82 Å². The van der Waals surface area contributed by atoms with Gasteiger partial charge in [-0.1, -0.05) is 5.16 Å². The lowest BCUT2D eigenvalue weighted by atomic mass is 10.2.